The number of anilines is 1. The number of nitrogens with zero attached hydrogens (tertiary/aromatic N) is 3. The van der Waals surface area contributed by atoms with Crippen LogP contribution in [0.25, 0.3) is 0 Å². The number of halogens is 1. The molecule has 1 saturated heterocycles. The number of carbonyl (C=O) groups excluding carboxylic acids is 1. The van der Waals surface area contributed by atoms with E-state index in [1.54, 1.807) is 14.0 Å². The van der Waals surface area contributed by atoms with Gasteiger partial charge in [-0.2, -0.15) is 0 Å². The molecule has 98 valence electrons. The summed E-state index contributed by atoms with van der Waals surface area (Å²) in [6.45, 7) is 4.19. The lowest BCUT2D eigenvalue weighted by atomic mass is 10.1. The molecule has 1 aromatic rings. The normalized spacial score (nSPS) is 19.3. The summed E-state index contributed by atoms with van der Waals surface area (Å²) in [6.07, 6.45) is 1.76. The number of aryl methyl sites for hydroxylation is 1. The van der Waals surface area contributed by atoms with Gasteiger partial charge in [0, 0.05) is 26.1 Å². The Morgan fingerprint density at radius 2 is 2.33 bits per heavy atom. The Morgan fingerprint density at radius 3 is 3.00 bits per heavy atom. The SMILES string of the molecule is COCC1CCN(c2nc(C)nc(Cl)c2C=O)C1. The number of ether oxygens (including phenoxy) is 1. The molecule has 2 rings (SSSR count). The minimum absolute atomic E-state index is 0.225. The van der Waals surface area contributed by atoms with E-state index in [1.165, 1.54) is 0 Å². The molecule has 0 spiro atoms. The highest BCUT2D eigenvalue weighted by Crippen LogP contribution is 2.27. The first-order chi connectivity index (χ1) is 8.65. The molecule has 5 nitrogen and oxygen atoms in total. The summed E-state index contributed by atoms with van der Waals surface area (Å²) < 4.78 is 5.16. The molecule has 0 saturated carbocycles. The molecule has 1 aromatic heterocycles. The predicted molar refractivity (Wildman–Crippen MR) is 69.4 cm³/mol. The summed E-state index contributed by atoms with van der Waals surface area (Å²) in [5.41, 5.74) is 0.375. The van der Waals surface area contributed by atoms with Crippen molar-refractivity contribution in [3.63, 3.8) is 0 Å². The van der Waals surface area contributed by atoms with Gasteiger partial charge in [0.2, 0.25) is 0 Å². The Bertz CT molecular complexity index is 453. The standard InChI is InChI=1S/C12H16ClN3O2/c1-8-14-11(13)10(6-17)12(15-8)16-4-3-9(5-16)7-18-2/h6,9H,3-5,7H2,1-2H3. The zero-order valence-electron chi connectivity index (χ0n) is 10.5. The van der Waals surface area contributed by atoms with Crippen LogP contribution in [0.1, 0.15) is 22.6 Å². The lowest BCUT2D eigenvalue weighted by Crippen LogP contribution is -2.24. The molecule has 2 heterocycles. The summed E-state index contributed by atoms with van der Waals surface area (Å²) in [4.78, 5) is 21.5. The van der Waals surface area contributed by atoms with Crippen molar-refractivity contribution in [3.05, 3.63) is 16.5 Å². The van der Waals surface area contributed by atoms with Crippen LogP contribution >= 0.6 is 11.6 Å². The second-order valence-electron chi connectivity index (χ2n) is 4.47. The van der Waals surface area contributed by atoms with Gasteiger partial charge in [-0.15, -0.1) is 0 Å². The highest BCUT2D eigenvalue weighted by atomic mass is 35.5. The van der Waals surface area contributed by atoms with Gasteiger partial charge in [-0.05, 0) is 13.3 Å². The molecular weight excluding hydrogens is 254 g/mol. The number of hydrogen-bond donors (Lipinski definition) is 0. The maximum atomic E-state index is 11.1. The van der Waals surface area contributed by atoms with E-state index in [1.807, 2.05) is 0 Å². The zero-order chi connectivity index (χ0) is 13.1. The van der Waals surface area contributed by atoms with Gasteiger partial charge < -0.3 is 9.64 Å². The van der Waals surface area contributed by atoms with E-state index in [0.29, 0.717) is 23.1 Å². The van der Waals surface area contributed by atoms with Gasteiger partial charge in [0.25, 0.3) is 0 Å². The molecule has 0 aliphatic carbocycles. The van der Waals surface area contributed by atoms with E-state index in [9.17, 15) is 4.79 Å². The lowest BCUT2D eigenvalue weighted by Gasteiger charge is -2.19. The van der Waals surface area contributed by atoms with Gasteiger partial charge in [-0.1, -0.05) is 11.6 Å². The highest BCUT2D eigenvalue weighted by Gasteiger charge is 2.26. The van der Waals surface area contributed by atoms with Crippen LogP contribution < -0.4 is 4.90 Å². The summed E-state index contributed by atoms with van der Waals surface area (Å²) in [5, 5.41) is 0.225. The summed E-state index contributed by atoms with van der Waals surface area (Å²) >= 11 is 5.98. The second-order valence-corrected chi connectivity index (χ2v) is 4.83. The third kappa shape index (κ3) is 2.62. The average molecular weight is 270 g/mol. The Kier molecular flexibility index (Phi) is 4.14. The molecular formula is C12H16ClN3O2. The van der Waals surface area contributed by atoms with Crippen LogP contribution in [0.5, 0.6) is 0 Å². The van der Waals surface area contributed by atoms with Crippen molar-refractivity contribution in [1.29, 1.82) is 0 Å². The summed E-state index contributed by atoms with van der Waals surface area (Å²) in [6, 6.07) is 0. The Morgan fingerprint density at radius 1 is 1.56 bits per heavy atom. The Hall–Kier alpha value is -1.20. The molecule has 18 heavy (non-hydrogen) atoms. The first-order valence-electron chi connectivity index (χ1n) is 5.89. The van der Waals surface area contributed by atoms with Crippen LogP contribution in [-0.2, 0) is 4.74 Å². The minimum atomic E-state index is 0.225. The molecule has 0 radical (unpaired) electrons. The smallest absolute Gasteiger partial charge is 0.156 e. The number of rotatable bonds is 4. The molecule has 0 bridgehead atoms. The van der Waals surface area contributed by atoms with Crippen molar-refractivity contribution < 1.29 is 9.53 Å². The topological polar surface area (TPSA) is 55.3 Å². The van der Waals surface area contributed by atoms with Crippen molar-refractivity contribution >= 4 is 23.7 Å². The monoisotopic (exact) mass is 269 g/mol. The van der Waals surface area contributed by atoms with Gasteiger partial charge in [-0.3, -0.25) is 4.79 Å². The van der Waals surface area contributed by atoms with Crippen molar-refractivity contribution in [3.8, 4) is 0 Å². The number of carbonyl (C=O) groups is 1. The van der Waals surface area contributed by atoms with Crippen LogP contribution in [0.2, 0.25) is 5.15 Å². The van der Waals surface area contributed by atoms with E-state index >= 15 is 0 Å². The quantitative estimate of drug-likeness (QED) is 0.615. The molecule has 1 aliphatic heterocycles. The number of hydrogen-bond acceptors (Lipinski definition) is 5. The molecule has 0 N–H and O–H groups in total. The maximum absolute atomic E-state index is 11.1. The van der Waals surface area contributed by atoms with Gasteiger partial charge in [0.05, 0.1) is 12.2 Å². The van der Waals surface area contributed by atoms with Gasteiger partial charge >= 0.3 is 0 Å². The van der Waals surface area contributed by atoms with Crippen molar-refractivity contribution in [2.45, 2.75) is 13.3 Å². The minimum Gasteiger partial charge on any atom is -0.384 e. The second kappa shape index (κ2) is 5.63. The fourth-order valence-corrected chi connectivity index (χ4v) is 2.52. The van der Waals surface area contributed by atoms with Crippen LogP contribution in [-0.4, -0.2) is 43.1 Å². The maximum Gasteiger partial charge on any atom is 0.156 e. The van der Waals surface area contributed by atoms with Gasteiger partial charge in [-0.25, -0.2) is 9.97 Å². The first-order valence-corrected chi connectivity index (χ1v) is 6.26. The third-order valence-corrected chi connectivity index (χ3v) is 3.38. The average Bonchev–Trinajstić information content (AvgIpc) is 2.77. The summed E-state index contributed by atoms with van der Waals surface area (Å²) in [7, 11) is 1.70. The first kappa shape index (κ1) is 13.2. The lowest BCUT2D eigenvalue weighted by molar-refractivity contribution is 0.112. The Balaban J connectivity index is 2.26. The van der Waals surface area contributed by atoms with E-state index in [4.69, 9.17) is 16.3 Å². The van der Waals surface area contributed by atoms with E-state index < -0.39 is 0 Å². The largest absolute Gasteiger partial charge is 0.384 e. The molecule has 1 unspecified atom stereocenters. The van der Waals surface area contributed by atoms with Crippen LogP contribution in [0.3, 0.4) is 0 Å². The van der Waals surface area contributed by atoms with Gasteiger partial charge in [0.15, 0.2) is 6.29 Å². The number of aldehydes is 1. The van der Waals surface area contributed by atoms with Gasteiger partial charge in [0.1, 0.15) is 16.8 Å². The van der Waals surface area contributed by atoms with Crippen LogP contribution in [0.4, 0.5) is 5.82 Å². The molecule has 1 fully saturated rings. The van der Waals surface area contributed by atoms with Crippen molar-refractivity contribution in [2.75, 3.05) is 31.7 Å². The molecule has 6 heteroatoms. The number of methoxy groups -OCH3 is 1. The molecule has 0 aromatic carbocycles. The zero-order valence-corrected chi connectivity index (χ0v) is 11.3. The molecule has 1 atom stereocenters. The molecule has 0 amide bonds. The van der Waals surface area contributed by atoms with Crippen LogP contribution in [0.15, 0.2) is 0 Å². The predicted octanol–water partition coefficient (Wildman–Crippen LogP) is 1.72. The fraction of sp³-hybridized carbons (Fsp3) is 0.583. The van der Waals surface area contributed by atoms with E-state index in [0.717, 1.165) is 32.4 Å². The number of aromatic nitrogens is 2. The van der Waals surface area contributed by atoms with Crippen molar-refractivity contribution in [2.24, 2.45) is 5.92 Å². The van der Waals surface area contributed by atoms with Crippen LogP contribution in [0, 0.1) is 12.8 Å². The van der Waals surface area contributed by atoms with E-state index in [2.05, 4.69) is 14.9 Å². The molecule has 1 aliphatic rings. The highest BCUT2D eigenvalue weighted by molar-refractivity contribution is 6.32. The third-order valence-electron chi connectivity index (χ3n) is 3.10. The Labute approximate surface area is 111 Å². The summed E-state index contributed by atoms with van der Waals surface area (Å²) in [5.74, 6) is 1.69. The fourth-order valence-electron chi connectivity index (χ4n) is 2.27. The van der Waals surface area contributed by atoms with E-state index in [-0.39, 0.29) is 5.15 Å². The van der Waals surface area contributed by atoms with Crippen molar-refractivity contribution in [1.82, 2.24) is 9.97 Å².